The molecule has 1 aliphatic carbocycles. The first-order chi connectivity index (χ1) is 21.7. The van der Waals surface area contributed by atoms with Gasteiger partial charge >= 0.3 is 0 Å². The molecule has 0 atom stereocenters. The zero-order chi connectivity index (χ0) is 30.0. The molecule has 0 amide bonds. The Labute approximate surface area is 260 Å². The van der Waals surface area contributed by atoms with Crippen molar-refractivity contribution >= 4 is 35.2 Å². The van der Waals surface area contributed by atoms with E-state index in [1.165, 1.54) is 39.0 Å². The standard InChI is InChI=1S/C41H35N3/c1-4-28-21-29(5-2)30-14-12-19-36(24-30)44(35-17-7-6-8-18-35)37-25-34-23-31-13-9-10-20-38(31)40(34)39(26-37)32-15-11-16-33(22-32)41(42-3)43-27-28/h4,6-22,24-26H,3,5,23,27H2,1-2H3/b28-4+,29-21+,43-41?. The Kier molecular flexibility index (Phi) is 7.37. The smallest absolute Gasteiger partial charge is 0.154 e. The minimum atomic E-state index is 0.534. The van der Waals surface area contributed by atoms with Crippen molar-refractivity contribution in [2.24, 2.45) is 9.98 Å². The molecule has 1 heterocycles. The lowest BCUT2D eigenvalue weighted by Crippen LogP contribution is -2.11. The van der Waals surface area contributed by atoms with Crippen molar-refractivity contribution < 1.29 is 0 Å². The van der Waals surface area contributed by atoms with Gasteiger partial charge < -0.3 is 4.90 Å². The highest BCUT2D eigenvalue weighted by atomic mass is 15.1. The summed E-state index contributed by atoms with van der Waals surface area (Å²) in [4.78, 5) is 11.7. The Morgan fingerprint density at radius 2 is 1.48 bits per heavy atom. The van der Waals surface area contributed by atoms with Gasteiger partial charge in [0.1, 0.15) is 0 Å². The number of para-hydroxylation sites is 1. The first-order valence-corrected chi connectivity index (χ1v) is 15.4. The third-order valence-electron chi connectivity index (χ3n) is 8.72. The van der Waals surface area contributed by atoms with Gasteiger partial charge in [-0.05, 0) is 119 Å². The lowest BCUT2D eigenvalue weighted by Gasteiger charge is -2.28. The van der Waals surface area contributed by atoms with Crippen LogP contribution < -0.4 is 4.90 Å². The molecule has 0 saturated carbocycles. The maximum atomic E-state index is 4.95. The zero-order valence-corrected chi connectivity index (χ0v) is 25.3. The molecule has 0 fully saturated rings. The normalized spacial score (nSPS) is 16.0. The summed E-state index contributed by atoms with van der Waals surface area (Å²) in [6.07, 6.45) is 6.24. The summed E-state index contributed by atoms with van der Waals surface area (Å²) >= 11 is 0. The van der Waals surface area contributed by atoms with E-state index in [1.807, 2.05) is 0 Å². The van der Waals surface area contributed by atoms with Gasteiger partial charge in [0, 0.05) is 22.6 Å². The van der Waals surface area contributed by atoms with Crippen LogP contribution in [0, 0.1) is 0 Å². The number of hydrogen-bond donors (Lipinski definition) is 0. The summed E-state index contributed by atoms with van der Waals surface area (Å²) in [5, 5.41) is 0. The maximum absolute atomic E-state index is 4.95. The van der Waals surface area contributed by atoms with E-state index in [0.29, 0.717) is 12.4 Å². The monoisotopic (exact) mass is 569 g/mol. The van der Waals surface area contributed by atoms with Gasteiger partial charge in [-0.1, -0.05) is 91.9 Å². The van der Waals surface area contributed by atoms with Gasteiger partial charge in [-0.3, -0.25) is 4.99 Å². The number of hydrogen-bond acceptors (Lipinski definition) is 3. The second kappa shape index (κ2) is 11.8. The van der Waals surface area contributed by atoms with Crippen LogP contribution in [0.4, 0.5) is 17.1 Å². The molecule has 3 heteroatoms. The third kappa shape index (κ3) is 5.01. The zero-order valence-electron chi connectivity index (χ0n) is 25.3. The Morgan fingerprint density at radius 3 is 2.30 bits per heavy atom. The SMILES string of the molecule is C=NC1=NCC(=C/C)/C=C(\CC)c2cccc(c2)N(c2ccccc2)c2cc3c(c(c2)-c2cccc1c2)-c1ccccc1C3. The number of rotatable bonds is 2. The number of nitrogens with zero attached hydrogens (tertiary/aromatic N) is 3. The second-order valence-corrected chi connectivity index (χ2v) is 11.3. The van der Waals surface area contributed by atoms with Crippen LogP contribution in [0.3, 0.4) is 0 Å². The quantitative estimate of drug-likeness (QED) is 0.191. The Balaban J connectivity index is 1.56. The molecule has 0 N–H and O–H groups in total. The fourth-order valence-electron chi connectivity index (χ4n) is 6.55. The van der Waals surface area contributed by atoms with Crippen LogP contribution in [0.25, 0.3) is 27.8 Å². The van der Waals surface area contributed by atoms with Gasteiger partial charge in [0.2, 0.25) is 0 Å². The average Bonchev–Trinajstić information content (AvgIpc) is 3.45. The lowest BCUT2D eigenvalue weighted by atomic mass is 9.92. The summed E-state index contributed by atoms with van der Waals surface area (Å²) in [7, 11) is 0. The predicted molar refractivity (Wildman–Crippen MR) is 188 cm³/mol. The molecular formula is C41H35N3. The van der Waals surface area contributed by atoms with Crippen molar-refractivity contribution in [3.05, 3.63) is 155 Å². The number of anilines is 3. The predicted octanol–water partition coefficient (Wildman–Crippen LogP) is 10.6. The van der Waals surface area contributed by atoms with Crippen molar-refractivity contribution in [1.29, 1.82) is 0 Å². The van der Waals surface area contributed by atoms with Gasteiger partial charge in [0.05, 0.1) is 6.54 Å². The van der Waals surface area contributed by atoms with E-state index in [2.05, 4.69) is 158 Å². The Morgan fingerprint density at radius 1 is 0.727 bits per heavy atom. The summed E-state index contributed by atoms with van der Waals surface area (Å²) < 4.78 is 0. The summed E-state index contributed by atoms with van der Waals surface area (Å²) in [6.45, 7) is 8.73. The molecule has 44 heavy (non-hydrogen) atoms. The minimum absolute atomic E-state index is 0.534. The number of fused-ring (bicyclic) bond motifs is 11. The van der Waals surface area contributed by atoms with Crippen LogP contribution in [0.1, 0.15) is 42.5 Å². The van der Waals surface area contributed by atoms with E-state index in [-0.39, 0.29) is 0 Å². The second-order valence-electron chi connectivity index (χ2n) is 11.3. The van der Waals surface area contributed by atoms with E-state index >= 15 is 0 Å². The molecule has 0 spiro atoms. The molecule has 5 aromatic carbocycles. The average molecular weight is 570 g/mol. The first-order valence-electron chi connectivity index (χ1n) is 15.4. The fraction of sp³-hybridized carbons (Fsp3) is 0.122. The van der Waals surface area contributed by atoms with Crippen molar-refractivity contribution in [3.8, 4) is 22.3 Å². The summed E-state index contributed by atoms with van der Waals surface area (Å²) in [5.41, 5.74) is 15.7. The highest BCUT2D eigenvalue weighted by molar-refractivity contribution is 6.03. The molecule has 0 saturated heterocycles. The molecule has 0 unspecified atom stereocenters. The van der Waals surface area contributed by atoms with Crippen LogP contribution >= 0.6 is 0 Å². The molecule has 214 valence electrons. The number of amidine groups is 1. The van der Waals surface area contributed by atoms with Crippen LogP contribution in [-0.4, -0.2) is 19.1 Å². The van der Waals surface area contributed by atoms with E-state index in [4.69, 9.17) is 4.99 Å². The highest BCUT2D eigenvalue weighted by Gasteiger charge is 2.25. The molecule has 0 aromatic heterocycles. The summed E-state index contributed by atoms with van der Waals surface area (Å²) in [6, 6.07) is 41.8. The lowest BCUT2D eigenvalue weighted by molar-refractivity contribution is 1.15. The minimum Gasteiger partial charge on any atom is -0.310 e. The molecule has 0 radical (unpaired) electrons. The first kappa shape index (κ1) is 27.5. The van der Waals surface area contributed by atoms with Crippen LogP contribution in [0.15, 0.2) is 143 Å². The molecular weight excluding hydrogens is 534 g/mol. The van der Waals surface area contributed by atoms with Crippen LogP contribution in [-0.2, 0) is 6.42 Å². The third-order valence-corrected chi connectivity index (χ3v) is 8.72. The largest absolute Gasteiger partial charge is 0.310 e. The van der Waals surface area contributed by atoms with Crippen molar-refractivity contribution in [1.82, 2.24) is 0 Å². The van der Waals surface area contributed by atoms with Gasteiger partial charge in [0.15, 0.2) is 5.84 Å². The molecule has 7 rings (SSSR count). The van der Waals surface area contributed by atoms with E-state index in [9.17, 15) is 0 Å². The van der Waals surface area contributed by atoms with Crippen molar-refractivity contribution in [2.75, 3.05) is 11.4 Å². The fourth-order valence-corrected chi connectivity index (χ4v) is 6.55. The number of benzene rings is 5. The van der Waals surface area contributed by atoms with Crippen molar-refractivity contribution in [3.63, 3.8) is 0 Å². The Hall–Kier alpha value is -5.28. The van der Waals surface area contributed by atoms with Gasteiger partial charge in [-0.2, -0.15) is 0 Å². The van der Waals surface area contributed by atoms with E-state index in [0.717, 1.165) is 46.6 Å². The molecule has 3 nitrogen and oxygen atoms in total. The number of aliphatic imine (C=N–C) groups is 2. The van der Waals surface area contributed by atoms with Crippen LogP contribution in [0.5, 0.6) is 0 Å². The maximum Gasteiger partial charge on any atom is 0.154 e. The molecule has 1 aliphatic heterocycles. The Bertz CT molecular complexity index is 1980. The highest BCUT2D eigenvalue weighted by Crippen LogP contribution is 2.47. The van der Waals surface area contributed by atoms with E-state index < -0.39 is 0 Å². The van der Waals surface area contributed by atoms with Crippen LogP contribution in [0.2, 0.25) is 0 Å². The van der Waals surface area contributed by atoms with Gasteiger partial charge in [-0.15, -0.1) is 0 Å². The van der Waals surface area contributed by atoms with Gasteiger partial charge in [-0.25, -0.2) is 4.99 Å². The molecule has 2 aliphatic rings. The van der Waals surface area contributed by atoms with Gasteiger partial charge in [0.25, 0.3) is 0 Å². The van der Waals surface area contributed by atoms with E-state index in [1.54, 1.807) is 0 Å². The summed E-state index contributed by atoms with van der Waals surface area (Å²) in [5.74, 6) is 0.658. The number of allylic oxidation sites excluding steroid dienone is 2. The molecule has 5 aromatic rings. The topological polar surface area (TPSA) is 28.0 Å². The van der Waals surface area contributed by atoms with Crippen molar-refractivity contribution in [2.45, 2.75) is 26.7 Å². The molecule has 6 bridgehead atoms.